The van der Waals surface area contributed by atoms with Gasteiger partial charge in [0.05, 0.1) is 13.2 Å². The van der Waals surface area contributed by atoms with E-state index in [1.165, 1.54) is 22.3 Å². The number of allylic oxidation sites excluding steroid dienone is 1. The average molecular weight is 351 g/mol. The van der Waals surface area contributed by atoms with Crippen LogP contribution in [0.4, 0.5) is 0 Å². The van der Waals surface area contributed by atoms with E-state index in [1.807, 2.05) is 0 Å². The lowest BCUT2D eigenvalue weighted by molar-refractivity contribution is 0.0322. The summed E-state index contributed by atoms with van der Waals surface area (Å²) in [5, 5.41) is 0. The van der Waals surface area contributed by atoms with Crippen LogP contribution in [0.2, 0.25) is 0 Å². The molecule has 0 aromatic heterocycles. The van der Waals surface area contributed by atoms with E-state index in [1.54, 1.807) is 0 Å². The van der Waals surface area contributed by atoms with Crippen molar-refractivity contribution in [3.8, 4) is 5.75 Å². The van der Waals surface area contributed by atoms with Crippen molar-refractivity contribution in [1.29, 1.82) is 0 Å². The topological polar surface area (TPSA) is 21.7 Å². The van der Waals surface area contributed by atoms with Gasteiger partial charge in [0, 0.05) is 19.6 Å². The van der Waals surface area contributed by atoms with Gasteiger partial charge in [-0.3, -0.25) is 4.90 Å². The molecule has 138 valence electrons. The lowest BCUT2D eigenvalue weighted by Gasteiger charge is -2.26. The molecular weight excluding hydrogens is 322 g/mol. The summed E-state index contributed by atoms with van der Waals surface area (Å²) in [6, 6.07) is 19.1. The van der Waals surface area contributed by atoms with Crippen LogP contribution in [0.3, 0.4) is 0 Å². The van der Waals surface area contributed by atoms with Gasteiger partial charge in [0.25, 0.3) is 0 Å². The second kappa shape index (κ2) is 9.56. The Hall–Kier alpha value is -2.10. The van der Waals surface area contributed by atoms with E-state index in [9.17, 15) is 0 Å². The molecule has 3 nitrogen and oxygen atoms in total. The van der Waals surface area contributed by atoms with Crippen molar-refractivity contribution < 1.29 is 9.47 Å². The number of rotatable bonds is 7. The highest BCUT2D eigenvalue weighted by molar-refractivity contribution is 5.82. The Bertz CT molecular complexity index is 701. The van der Waals surface area contributed by atoms with Gasteiger partial charge < -0.3 is 9.47 Å². The average Bonchev–Trinajstić information content (AvgIpc) is 2.71. The summed E-state index contributed by atoms with van der Waals surface area (Å²) in [5.74, 6) is 0.934. The first-order valence-electron chi connectivity index (χ1n) is 9.56. The maximum atomic E-state index is 5.94. The highest BCUT2D eigenvalue weighted by atomic mass is 16.5. The number of hydrogen-bond acceptors (Lipinski definition) is 3. The van der Waals surface area contributed by atoms with Crippen LogP contribution in [0, 0.1) is 0 Å². The van der Waals surface area contributed by atoms with E-state index in [0.29, 0.717) is 6.61 Å². The van der Waals surface area contributed by atoms with Crippen molar-refractivity contribution in [2.45, 2.75) is 20.3 Å². The molecule has 3 heteroatoms. The van der Waals surface area contributed by atoms with Crippen LogP contribution < -0.4 is 4.74 Å². The van der Waals surface area contributed by atoms with Crippen molar-refractivity contribution in [3.05, 3.63) is 71.3 Å². The minimum Gasteiger partial charge on any atom is -0.492 e. The fourth-order valence-electron chi connectivity index (χ4n) is 3.28. The van der Waals surface area contributed by atoms with E-state index >= 15 is 0 Å². The van der Waals surface area contributed by atoms with Crippen molar-refractivity contribution in [1.82, 2.24) is 4.90 Å². The van der Waals surface area contributed by atoms with Crippen molar-refractivity contribution in [2.75, 3.05) is 39.5 Å². The summed E-state index contributed by atoms with van der Waals surface area (Å²) >= 11 is 0. The Balaban J connectivity index is 1.65. The summed E-state index contributed by atoms with van der Waals surface area (Å²) in [6.07, 6.45) is 1.04. The Morgan fingerprint density at radius 2 is 1.62 bits per heavy atom. The minimum atomic E-state index is 0.717. The molecule has 2 aromatic carbocycles. The van der Waals surface area contributed by atoms with Crippen LogP contribution >= 0.6 is 0 Å². The van der Waals surface area contributed by atoms with Crippen molar-refractivity contribution >= 4 is 5.57 Å². The first-order chi connectivity index (χ1) is 12.8. The summed E-state index contributed by atoms with van der Waals surface area (Å²) in [6.45, 7) is 9.77. The highest BCUT2D eigenvalue weighted by Gasteiger charge is 2.11. The van der Waals surface area contributed by atoms with Gasteiger partial charge >= 0.3 is 0 Å². The Kier molecular flexibility index (Phi) is 6.87. The molecule has 0 bridgehead atoms. The lowest BCUT2D eigenvalue weighted by atomic mass is 9.92. The zero-order valence-corrected chi connectivity index (χ0v) is 15.9. The molecule has 1 aliphatic rings. The molecular formula is C23H29NO2. The SMILES string of the molecule is CC/C(C)=C(/c1ccccc1)c1ccc(OCCN2CCOCC2)cc1. The zero-order chi connectivity index (χ0) is 18.2. The second-order valence-electron chi connectivity index (χ2n) is 6.70. The number of morpholine rings is 1. The molecule has 0 saturated carbocycles. The molecule has 0 radical (unpaired) electrons. The van der Waals surface area contributed by atoms with Gasteiger partial charge in [0.1, 0.15) is 12.4 Å². The summed E-state index contributed by atoms with van der Waals surface area (Å²) in [5.41, 5.74) is 5.24. The predicted octanol–water partition coefficient (Wildman–Crippen LogP) is 4.63. The molecule has 0 aliphatic carbocycles. The number of nitrogens with zero attached hydrogens (tertiary/aromatic N) is 1. The third-order valence-corrected chi connectivity index (χ3v) is 4.94. The van der Waals surface area contributed by atoms with E-state index in [-0.39, 0.29) is 0 Å². The van der Waals surface area contributed by atoms with Crippen LogP contribution in [0.5, 0.6) is 5.75 Å². The minimum absolute atomic E-state index is 0.717. The molecule has 0 spiro atoms. The van der Waals surface area contributed by atoms with Crippen LogP contribution in [-0.4, -0.2) is 44.4 Å². The molecule has 0 atom stereocenters. The van der Waals surface area contributed by atoms with Crippen molar-refractivity contribution in [3.63, 3.8) is 0 Å². The van der Waals surface area contributed by atoms with Crippen LogP contribution in [0.25, 0.3) is 5.57 Å². The maximum absolute atomic E-state index is 5.94. The van der Waals surface area contributed by atoms with Crippen LogP contribution in [0.1, 0.15) is 31.4 Å². The van der Waals surface area contributed by atoms with Gasteiger partial charge in [-0.1, -0.05) is 55.0 Å². The summed E-state index contributed by atoms with van der Waals surface area (Å²) < 4.78 is 11.3. The van der Waals surface area contributed by atoms with Crippen LogP contribution in [-0.2, 0) is 4.74 Å². The van der Waals surface area contributed by atoms with Gasteiger partial charge in [-0.25, -0.2) is 0 Å². The molecule has 1 fully saturated rings. The maximum Gasteiger partial charge on any atom is 0.119 e. The van der Waals surface area contributed by atoms with E-state index in [4.69, 9.17) is 9.47 Å². The quantitative estimate of drug-likeness (QED) is 0.726. The molecule has 3 rings (SSSR count). The standard InChI is InChI=1S/C23H29NO2/c1-3-19(2)23(20-7-5-4-6-8-20)21-9-11-22(12-10-21)26-18-15-24-13-16-25-17-14-24/h4-12H,3,13-18H2,1-2H3/b23-19-. The third-order valence-electron chi connectivity index (χ3n) is 4.94. The molecule has 1 saturated heterocycles. The van der Waals surface area contributed by atoms with E-state index in [2.05, 4.69) is 73.3 Å². The second-order valence-corrected chi connectivity index (χ2v) is 6.70. The normalized spacial score (nSPS) is 16.2. The fraction of sp³-hybridized carbons (Fsp3) is 0.391. The molecule has 1 heterocycles. The first-order valence-corrected chi connectivity index (χ1v) is 9.56. The predicted molar refractivity (Wildman–Crippen MR) is 108 cm³/mol. The Morgan fingerprint density at radius 3 is 2.27 bits per heavy atom. The monoisotopic (exact) mass is 351 g/mol. The molecule has 0 unspecified atom stereocenters. The van der Waals surface area contributed by atoms with E-state index in [0.717, 1.165) is 45.0 Å². The van der Waals surface area contributed by atoms with Gasteiger partial charge in [-0.15, -0.1) is 0 Å². The van der Waals surface area contributed by atoms with E-state index < -0.39 is 0 Å². The highest BCUT2D eigenvalue weighted by Crippen LogP contribution is 2.29. The largest absolute Gasteiger partial charge is 0.492 e. The van der Waals surface area contributed by atoms with Crippen molar-refractivity contribution in [2.24, 2.45) is 0 Å². The van der Waals surface area contributed by atoms with Crippen LogP contribution in [0.15, 0.2) is 60.2 Å². The number of hydrogen-bond donors (Lipinski definition) is 0. The number of benzene rings is 2. The van der Waals surface area contributed by atoms with Gasteiger partial charge in [-0.05, 0) is 42.2 Å². The Morgan fingerprint density at radius 1 is 0.962 bits per heavy atom. The molecule has 1 aliphatic heterocycles. The fourth-order valence-corrected chi connectivity index (χ4v) is 3.28. The lowest BCUT2D eigenvalue weighted by Crippen LogP contribution is -2.38. The molecule has 26 heavy (non-hydrogen) atoms. The summed E-state index contributed by atoms with van der Waals surface area (Å²) in [7, 11) is 0. The first kappa shape index (κ1) is 18.7. The zero-order valence-electron chi connectivity index (χ0n) is 15.9. The summed E-state index contributed by atoms with van der Waals surface area (Å²) in [4.78, 5) is 2.39. The van der Waals surface area contributed by atoms with Gasteiger partial charge in [-0.2, -0.15) is 0 Å². The Labute approximate surface area is 157 Å². The third kappa shape index (κ3) is 4.96. The molecule has 0 N–H and O–H groups in total. The van der Waals surface area contributed by atoms with Gasteiger partial charge in [0.15, 0.2) is 0 Å². The smallest absolute Gasteiger partial charge is 0.119 e. The molecule has 2 aromatic rings. The molecule has 0 amide bonds. The number of ether oxygens (including phenoxy) is 2. The van der Waals surface area contributed by atoms with Gasteiger partial charge in [0.2, 0.25) is 0 Å².